The average molecular weight is 531 g/mol. The van der Waals surface area contributed by atoms with Gasteiger partial charge in [-0.3, -0.25) is 4.68 Å². The molecule has 1 aromatic carbocycles. The number of carbonyl (C=O) groups is 2. The molecule has 0 atom stereocenters. The molecule has 1 fully saturated rings. The van der Waals surface area contributed by atoms with Gasteiger partial charge in [0.25, 0.3) is 0 Å². The number of nitrogens with zero attached hydrogens (tertiary/aromatic N) is 4. The second-order valence-corrected chi connectivity index (χ2v) is 11.7. The Morgan fingerprint density at radius 3 is 2.54 bits per heavy atom. The van der Waals surface area contributed by atoms with Crippen LogP contribution < -0.4 is 4.90 Å². The van der Waals surface area contributed by atoms with Crippen LogP contribution in [-0.2, 0) is 29.0 Å². The molecule has 206 valence electrons. The number of benzene rings is 1. The van der Waals surface area contributed by atoms with Crippen LogP contribution in [0.15, 0.2) is 36.5 Å². The molecule has 0 N–H and O–H groups in total. The summed E-state index contributed by atoms with van der Waals surface area (Å²) in [5.41, 5.74) is 4.88. The molecule has 0 unspecified atom stereocenters. The van der Waals surface area contributed by atoms with E-state index in [0.29, 0.717) is 23.8 Å². The van der Waals surface area contributed by atoms with Crippen LogP contribution in [0, 0.1) is 12.8 Å². The molecule has 0 spiro atoms. The van der Waals surface area contributed by atoms with Gasteiger partial charge in [-0.2, -0.15) is 5.10 Å². The van der Waals surface area contributed by atoms with E-state index in [2.05, 4.69) is 21.6 Å². The van der Waals surface area contributed by atoms with E-state index < -0.39 is 11.6 Å². The Morgan fingerprint density at radius 1 is 1.05 bits per heavy atom. The van der Waals surface area contributed by atoms with Gasteiger partial charge >= 0.3 is 11.9 Å². The summed E-state index contributed by atoms with van der Waals surface area (Å²) in [6.07, 6.45) is 7.66. The predicted molar refractivity (Wildman–Crippen MR) is 150 cm³/mol. The average Bonchev–Trinajstić information content (AvgIpc) is 3.56. The molecule has 1 aliphatic carbocycles. The highest BCUT2D eigenvalue weighted by Gasteiger charge is 2.28. The van der Waals surface area contributed by atoms with Crippen molar-refractivity contribution in [3.05, 3.63) is 64.6 Å². The van der Waals surface area contributed by atoms with Crippen molar-refractivity contribution in [1.82, 2.24) is 14.8 Å². The van der Waals surface area contributed by atoms with E-state index >= 15 is 0 Å². The maximum absolute atomic E-state index is 13.5. The molecule has 0 radical (unpaired) electrons. The van der Waals surface area contributed by atoms with Crippen molar-refractivity contribution in [2.75, 3.05) is 18.6 Å². The molecule has 0 saturated heterocycles. The van der Waals surface area contributed by atoms with Crippen LogP contribution in [0.4, 0.5) is 5.82 Å². The zero-order valence-corrected chi connectivity index (χ0v) is 23.6. The lowest BCUT2D eigenvalue weighted by molar-refractivity contribution is 0.00637. The maximum Gasteiger partial charge on any atom is 0.358 e. The number of fused-ring (bicyclic) bond motifs is 1. The Kier molecular flexibility index (Phi) is 7.47. The first-order valence-corrected chi connectivity index (χ1v) is 13.9. The van der Waals surface area contributed by atoms with Gasteiger partial charge in [0.2, 0.25) is 0 Å². The normalized spacial score (nSPS) is 15.8. The molecular weight excluding hydrogens is 492 g/mol. The second-order valence-electron chi connectivity index (χ2n) is 11.7. The first kappa shape index (κ1) is 26.9. The summed E-state index contributed by atoms with van der Waals surface area (Å²) in [7, 11) is 1.40. The van der Waals surface area contributed by atoms with Gasteiger partial charge in [0.15, 0.2) is 5.69 Å². The zero-order valence-electron chi connectivity index (χ0n) is 23.6. The highest BCUT2D eigenvalue weighted by molar-refractivity contribution is 5.96. The quantitative estimate of drug-likeness (QED) is 0.375. The van der Waals surface area contributed by atoms with Crippen molar-refractivity contribution in [2.45, 2.75) is 78.5 Å². The Morgan fingerprint density at radius 2 is 1.82 bits per heavy atom. The summed E-state index contributed by atoms with van der Waals surface area (Å²) in [6.45, 7) is 9.74. The Balaban J connectivity index is 1.50. The minimum absolute atomic E-state index is 0.276. The van der Waals surface area contributed by atoms with E-state index in [1.54, 1.807) is 6.07 Å². The monoisotopic (exact) mass is 530 g/mol. The summed E-state index contributed by atoms with van der Waals surface area (Å²) in [6, 6.07) is 9.64. The van der Waals surface area contributed by atoms with E-state index in [-0.39, 0.29) is 11.7 Å². The molecule has 2 aliphatic rings. The van der Waals surface area contributed by atoms with E-state index in [1.165, 1.54) is 32.8 Å². The van der Waals surface area contributed by atoms with Crippen LogP contribution in [0.1, 0.15) is 84.1 Å². The Bertz CT molecular complexity index is 1380. The molecule has 0 bridgehead atoms. The molecule has 2 aromatic heterocycles. The van der Waals surface area contributed by atoms with Gasteiger partial charge in [-0.1, -0.05) is 25.0 Å². The number of methoxy groups -OCH3 is 1. The van der Waals surface area contributed by atoms with Gasteiger partial charge in [0.05, 0.1) is 18.9 Å². The minimum Gasteiger partial charge on any atom is -0.465 e. The van der Waals surface area contributed by atoms with Gasteiger partial charge < -0.3 is 14.4 Å². The summed E-state index contributed by atoms with van der Waals surface area (Å²) >= 11 is 0. The molecule has 3 aromatic rings. The van der Waals surface area contributed by atoms with Crippen molar-refractivity contribution in [3.8, 4) is 11.1 Å². The number of hydrogen-bond donors (Lipinski definition) is 0. The molecule has 3 heterocycles. The number of ether oxygens (including phenoxy) is 2. The maximum atomic E-state index is 13.5. The Labute approximate surface area is 230 Å². The van der Waals surface area contributed by atoms with Gasteiger partial charge in [0, 0.05) is 36.5 Å². The van der Waals surface area contributed by atoms with E-state index in [9.17, 15) is 9.59 Å². The van der Waals surface area contributed by atoms with Crippen LogP contribution in [0.3, 0.4) is 0 Å². The summed E-state index contributed by atoms with van der Waals surface area (Å²) < 4.78 is 12.9. The lowest BCUT2D eigenvalue weighted by Crippen LogP contribution is -2.33. The fraction of sp³-hybridized carbons (Fsp3) is 0.484. The lowest BCUT2D eigenvalue weighted by atomic mass is 9.94. The van der Waals surface area contributed by atoms with Gasteiger partial charge in [-0.15, -0.1) is 0 Å². The molecule has 1 aliphatic heterocycles. The van der Waals surface area contributed by atoms with Crippen LogP contribution in [0.25, 0.3) is 11.1 Å². The standard InChI is InChI=1S/C31H38N4O4/c1-20-25(17-32-35(20)18-21-9-6-7-10-21)23-13-14-27(33-28(23)30(37)39-31(2,3)4)34-16-15-22-11-8-12-24(26(22)19-34)29(36)38-5/h8,11-14,17,21H,6-7,9-10,15-16,18-19H2,1-5H3. The number of rotatable bonds is 6. The molecule has 1 saturated carbocycles. The van der Waals surface area contributed by atoms with Crippen molar-refractivity contribution < 1.29 is 19.1 Å². The molecule has 0 amide bonds. The number of anilines is 1. The van der Waals surface area contributed by atoms with Crippen LogP contribution in [0.2, 0.25) is 0 Å². The van der Waals surface area contributed by atoms with Crippen molar-refractivity contribution in [1.29, 1.82) is 0 Å². The highest BCUT2D eigenvalue weighted by atomic mass is 16.6. The van der Waals surface area contributed by atoms with Crippen molar-refractivity contribution >= 4 is 17.8 Å². The highest BCUT2D eigenvalue weighted by Crippen LogP contribution is 2.33. The van der Waals surface area contributed by atoms with E-state index in [1.807, 2.05) is 51.2 Å². The van der Waals surface area contributed by atoms with Gasteiger partial charge in [0.1, 0.15) is 11.4 Å². The summed E-state index contributed by atoms with van der Waals surface area (Å²) in [4.78, 5) is 32.9. The van der Waals surface area contributed by atoms with Gasteiger partial charge in [-0.05, 0) is 82.2 Å². The molecular formula is C31H38N4O4. The lowest BCUT2D eigenvalue weighted by Gasteiger charge is -2.31. The fourth-order valence-corrected chi connectivity index (χ4v) is 5.73. The smallest absolute Gasteiger partial charge is 0.358 e. The number of pyridine rings is 1. The van der Waals surface area contributed by atoms with E-state index in [0.717, 1.165) is 47.5 Å². The number of hydrogen-bond acceptors (Lipinski definition) is 7. The van der Waals surface area contributed by atoms with Crippen molar-refractivity contribution in [2.24, 2.45) is 5.92 Å². The van der Waals surface area contributed by atoms with Crippen LogP contribution in [-0.4, -0.2) is 46.0 Å². The topological polar surface area (TPSA) is 86.6 Å². The first-order chi connectivity index (χ1) is 18.6. The van der Waals surface area contributed by atoms with Gasteiger partial charge in [-0.25, -0.2) is 14.6 Å². The third-order valence-electron chi connectivity index (χ3n) is 7.77. The number of aromatic nitrogens is 3. The first-order valence-electron chi connectivity index (χ1n) is 13.9. The van der Waals surface area contributed by atoms with Crippen LogP contribution in [0.5, 0.6) is 0 Å². The fourth-order valence-electron chi connectivity index (χ4n) is 5.73. The third-order valence-corrected chi connectivity index (χ3v) is 7.77. The summed E-state index contributed by atoms with van der Waals surface area (Å²) in [5, 5.41) is 4.68. The Hall–Kier alpha value is -3.68. The third kappa shape index (κ3) is 5.70. The largest absolute Gasteiger partial charge is 0.465 e. The predicted octanol–water partition coefficient (Wildman–Crippen LogP) is 5.75. The molecule has 8 heteroatoms. The summed E-state index contributed by atoms with van der Waals surface area (Å²) in [5.74, 6) is 0.506. The molecule has 39 heavy (non-hydrogen) atoms. The van der Waals surface area contributed by atoms with E-state index in [4.69, 9.17) is 14.5 Å². The zero-order chi connectivity index (χ0) is 27.7. The second kappa shape index (κ2) is 10.8. The van der Waals surface area contributed by atoms with Crippen LogP contribution >= 0.6 is 0 Å². The number of esters is 2. The molecule has 8 nitrogen and oxygen atoms in total. The SMILES string of the molecule is COC(=O)c1cccc2c1CN(c1ccc(-c3cnn(CC4CCCC4)c3C)c(C(=O)OC(C)(C)C)n1)CC2. The van der Waals surface area contributed by atoms with Crippen molar-refractivity contribution in [3.63, 3.8) is 0 Å². The molecule has 5 rings (SSSR count). The minimum atomic E-state index is -0.660. The number of carbonyl (C=O) groups excluding carboxylic acids is 2.